The van der Waals surface area contributed by atoms with E-state index in [1.165, 1.54) is 0 Å². The van der Waals surface area contributed by atoms with Crippen LogP contribution in [0.15, 0.2) is 18.2 Å². The van der Waals surface area contributed by atoms with Crippen molar-refractivity contribution in [1.29, 1.82) is 0 Å². The fourth-order valence-corrected chi connectivity index (χ4v) is 2.19. The largest absolute Gasteiger partial charge is 0.481 e. The van der Waals surface area contributed by atoms with Gasteiger partial charge in [-0.25, -0.2) is 0 Å². The molecule has 2 atom stereocenters. The molecule has 1 heterocycles. The fraction of sp³-hybridized carbons (Fsp3) is 0.385. The third kappa shape index (κ3) is 3.10. The molecule has 6 N–H and O–H groups in total. The second-order valence-corrected chi connectivity index (χ2v) is 4.75. The van der Waals surface area contributed by atoms with Crippen molar-refractivity contribution in [3.05, 3.63) is 29.3 Å². The Bertz CT molecular complexity index is 516. The van der Waals surface area contributed by atoms with Crippen LogP contribution in [0.3, 0.4) is 0 Å². The average Bonchev–Trinajstić information content (AvgIpc) is 2.36. The highest BCUT2D eigenvalue weighted by atomic mass is 16.4. The van der Waals surface area contributed by atoms with Crippen LogP contribution in [-0.2, 0) is 16.0 Å². The van der Waals surface area contributed by atoms with E-state index < -0.39 is 18.1 Å². The Morgan fingerprint density at radius 1 is 1.37 bits per heavy atom. The van der Waals surface area contributed by atoms with Crippen LogP contribution in [0.4, 0.5) is 5.69 Å². The summed E-state index contributed by atoms with van der Waals surface area (Å²) >= 11 is 0. The Kier molecular flexibility index (Phi) is 3.82. The van der Waals surface area contributed by atoms with Gasteiger partial charge < -0.3 is 21.9 Å². The first-order valence-electron chi connectivity index (χ1n) is 6.13. The summed E-state index contributed by atoms with van der Waals surface area (Å²) in [7, 11) is 0. The van der Waals surface area contributed by atoms with Crippen molar-refractivity contribution in [3.63, 3.8) is 0 Å². The summed E-state index contributed by atoms with van der Waals surface area (Å²) in [6.07, 6.45) is 0.942. The Balaban J connectivity index is 2.17. The third-order valence-corrected chi connectivity index (χ3v) is 3.28. The summed E-state index contributed by atoms with van der Waals surface area (Å²) in [6, 6.07) is 4.29. The van der Waals surface area contributed by atoms with Crippen LogP contribution in [0.1, 0.15) is 30.0 Å². The molecule has 2 rings (SSSR count). The molecule has 0 aromatic heterocycles. The number of aryl methyl sites for hydroxylation is 1. The molecule has 1 aromatic carbocycles. The summed E-state index contributed by atoms with van der Waals surface area (Å²) < 4.78 is 0. The number of rotatable bonds is 4. The molecule has 1 aliphatic rings. The van der Waals surface area contributed by atoms with Crippen molar-refractivity contribution in [3.8, 4) is 0 Å². The van der Waals surface area contributed by atoms with E-state index in [-0.39, 0.29) is 12.3 Å². The minimum Gasteiger partial charge on any atom is -0.481 e. The highest BCUT2D eigenvalue weighted by Gasteiger charge is 2.21. The fourth-order valence-electron chi connectivity index (χ4n) is 2.19. The number of carbonyl (C=O) groups is 2. The number of benzene rings is 1. The maximum Gasteiger partial charge on any atom is 0.304 e. The normalized spacial score (nSPS) is 17.3. The first-order valence-corrected chi connectivity index (χ1v) is 6.13. The van der Waals surface area contributed by atoms with Crippen LogP contribution in [-0.4, -0.2) is 23.0 Å². The standard InChI is InChI=1S/C13H17N3O3/c14-9(6-12(18)19)13(15)8-1-3-10-7(5-8)2-4-11(17)16-10/h1,3,5,9,13H,2,4,6,14-15H2,(H,16,17)(H,18,19). The minimum absolute atomic E-state index is 0.00660. The molecule has 102 valence electrons. The van der Waals surface area contributed by atoms with E-state index in [1.807, 2.05) is 6.07 Å². The summed E-state index contributed by atoms with van der Waals surface area (Å²) in [5.74, 6) is -0.958. The number of carboxylic acid groups (broad SMARTS) is 1. The van der Waals surface area contributed by atoms with E-state index >= 15 is 0 Å². The van der Waals surface area contributed by atoms with Gasteiger partial charge in [0.05, 0.1) is 6.42 Å². The lowest BCUT2D eigenvalue weighted by Gasteiger charge is -2.22. The molecule has 0 spiro atoms. The quantitative estimate of drug-likeness (QED) is 0.626. The van der Waals surface area contributed by atoms with Crippen molar-refractivity contribution >= 4 is 17.6 Å². The van der Waals surface area contributed by atoms with Crippen molar-refractivity contribution in [2.45, 2.75) is 31.3 Å². The van der Waals surface area contributed by atoms with Gasteiger partial charge in [0.2, 0.25) is 5.91 Å². The number of nitrogens with one attached hydrogen (secondary N) is 1. The third-order valence-electron chi connectivity index (χ3n) is 3.28. The summed E-state index contributed by atoms with van der Waals surface area (Å²) in [5, 5.41) is 11.5. The molecule has 6 heteroatoms. The van der Waals surface area contributed by atoms with Gasteiger partial charge in [-0.1, -0.05) is 12.1 Å². The number of carboxylic acids is 1. The van der Waals surface area contributed by atoms with Gasteiger partial charge in [0, 0.05) is 24.2 Å². The molecule has 19 heavy (non-hydrogen) atoms. The number of amides is 1. The molecule has 2 unspecified atom stereocenters. The number of anilines is 1. The number of hydrogen-bond acceptors (Lipinski definition) is 4. The van der Waals surface area contributed by atoms with Crippen LogP contribution in [0.25, 0.3) is 0 Å². The molecular formula is C13H17N3O3. The second-order valence-electron chi connectivity index (χ2n) is 4.75. The van der Waals surface area contributed by atoms with Crippen LogP contribution < -0.4 is 16.8 Å². The summed E-state index contributed by atoms with van der Waals surface area (Å²) in [6.45, 7) is 0. The predicted molar refractivity (Wildman–Crippen MR) is 70.5 cm³/mol. The van der Waals surface area contributed by atoms with E-state index in [4.69, 9.17) is 16.6 Å². The first-order chi connectivity index (χ1) is 8.97. The van der Waals surface area contributed by atoms with E-state index in [9.17, 15) is 9.59 Å². The SMILES string of the molecule is NC(CC(=O)O)C(N)c1ccc2c(c1)CCC(=O)N2. The van der Waals surface area contributed by atoms with Crippen molar-refractivity contribution in [1.82, 2.24) is 0 Å². The molecule has 1 aliphatic heterocycles. The average molecular weight is 263 g/mol. The Morgan fingerprint density at radius 3 is 2.79 bits per heavy atom. The predicted octanol–water partition coefficient (Wildman–Crippen LogP) is 0.373. The number of aliphatic carboxylic acids is 1. The molecular weight excluding hydrogens is 246 g/mol. The zero-order valence-electron chi connectivity index (χ0n) is 10.4. The van der Waals surface area contributed by atoms with Gasteiger partial charge >= 0.3 is 5.97 Å². The number of carbonyl (C=O) groups excluding carboxylic acids is 1. The summed E-state index contributed by atoms with van der Waals surface area (Å²) in [5.41, 5.74) is 14.3. The van der Waals surface area contributed by atoms with E-state index in [0.717, 1.165) is 16.8 Å². The van der Waals surface area contributed by atoms with Crippen molar-refractivity contribution < 1.29 is 14.7 Å². The van der Waals surface area contributed by atoms with Crippen LogP contribution >= 0.6 is 0 Å². The Hall–Kier alpha value is -1.92. The van der Waals surface area contributed by atoms with Gasteiger partial charge in [0.25, 0.3) is 0 Å². The smallest absolute Gasteiger partial charge is 0.304 e. The van der Waals surface area contributed by atoms with Gasteiger partial charge in [-0.05, 0) is 23.6 Å². The number of nitrogens with two attached hydrogens (primary N) is 2. The van der Waals surface area contributed by atoms with Crippen LogP contribution in [0.2, 0.25) is 0 Å². The molecule has 0 saturated carbocycles. The highest BCUT2D eigenvalue weighted by molar-refractivity contribution is 5.93. The van der Waals surface area contributed by atoms with Crippen LogP contribution in [0, 0.1) is 0 Å². The van der Waals surface area contributed by atoms with Crippen molar-refractivity contribution in [2.75, 3.05) is 5.32 Å². The molecule has 0 aliphatic carbocycles. The van der Waals surface area contributed by atoms with E-state index in [2.05, 4.69) is 5.32 Å². The number of fused-ring (bicyclic) bond motifs is 1. The lowest BCUT2D eigenvalue weighted by atomic mass is 9.93. The minimum atomic E-state index is -0.965. The Labute approximate surface area is 110 Å². The molecule has 1 aromatic rings. The Morgan fingerprint density at radius 2 is 2.11 bits per heavy atom. The second kappa shape index (κ2) is 5.38. The lowest BCUT2D eigenvalue weighted by molar-refractivity contribution is -0.137. The molecule has 1 amide bonds. The van der Waals surface area contributed by atoms with Gasteiger partial charge in [0.15, 0.2) is 0 Å². The van der Waals surface area contributed by atoms with Gasteiger partial charge in [0.1, 0.15) is 0 Å². The van der Waals surface area contributed by atoms with Gasteiger partial charge in [-0.3, -0.25) is 9.59 Å². The van der Waals surface area contributed by atoms with Gasteiger partial charge in [-0.2, -0.15) is 0 Å². The lowest BCUT2D eigenvalue weighted by Crippen LogP contribution is -2.36. The number of hydrogen-bond donors (Lipinski definition) is 4. The zero-order chi connectivity index (χ0) is 14.0. The van der Waals surface area contributed by atoms with E-state index in [0.29, 0.717) is 12.8 Å². The first kappa shape index (κ1) is 13.5. The zero-order valence-corrected chi connectivity index (χ0v) is 10.4. The van der Waals surface area contributed by atoms with Crippen molar-refractivity contribution in [2.24, 2.45) is 11.5 Å². The summed E-state index contributed by atoms with van der Waals surface area (Å²) in [4.78, 5) is 21.9. The molecule has 0 saturated heterocycles. The maximum atomic E-state index is 11.3. The highest BCUT2D eigenvalue weighted by Crippen LogP contribution is 2.26. The topological polar surface area (TPSA) is 118 Å². The monoisotopic (exact) mass is 263 g/mol. The van der Waals surface area contributed by atoms with Crippen LogP contribution in [0.5, 0.6) is 0 Å². The molecule has 0 fully saturated rings. The molecule has 0 radical (unpaired) electrons. The van der Waals surface area contributed by atoms with E-state index in [1.54, 1.807) is 12.1 Å². The maximum absolute atomic E-state index is 11.3. The molecule has 6 nitrogen and oxygen atoms in total. The van der Waals surface area contributed by atoms with Gasteiger partial charge in [-0.15, -0.1) is 0 Å². The molecule has 0 bridgehead atoms.